The molecule has 0 bridgehead atoms. The summed E-state index contributed by atoms with van der Waals surface area (Å²) in [6, 6.07) is 6.04. The van der Waals surface area contributed by atoms with E-state index in [-0.39, 0.29) is 0 Å². The van der Waals surface area contributed by atoms with E-state index in [9.17, 15) is 0 Å². The van der Waals surface area contributed by atoms with Crippen LogP contribution >= 0.6 is 11.6 Å². The third kappa shape index (κ3) is 2.37. The Morgan fingerprint density at radius 2 is 2.27 bits per heavy atom. The molecule has 81 valence electrons. The predicted molar refractivity (Wildman–Crippen MR) is 66.0 cm³/mol. The first-order valence-corrected chi connectivity index (χ1v) is 5.69. The van der Waals surface area contributed by atoms with Crippen LogP contribution in [0.4, 0.5) is 11.4 Å². The topological polar surface area (TPSA) is 38.0 Å². The smallest absolute Gasteiger partial charge is 0.0639 e. The molecule has 2 nitrogen and oxygen atoms in total. The fourth-order valence-corrected chi connectivity index (χ4v) is 2.19. The van der Waals surface area contributed by atoms with E-state index in [1.54, 1.807) is 0 Å². The van der Waals surface area contributed by atoms with Crippen LogP contribution in [-0.2, 0) is 0 Å². The number of anilines is 2. The van der Waals surface area contributed by atoms with Crippen LogP contribution < -0.4 is 11.1 Å². The summed E-state index contributed by atoms with van der Waals surface area (Å²) in [6.07, 6.45) is 4.70. The molecule has 1 fully saturated rings. The number of nitrogens with two attached hydrogens (primary N) is 1. The third-order valence-corrected chi connectivity index (χ3v) is 3.31. The van der Waals surface area contributed by atoms with Gasteiger partial charge in [-0.3, -0.25) is 0 Å². The van der Waals surface area contributed by atoms with Gasteiger partial charge in [0.25, 0.3) is 0 Å². The number of hydrogen-bond acceptors (Lipinski definition) is 2. The second-order valence-electron chi connectivity index (χ2n) is 4.16. The van der Waals surface area contributed by atoms with Crippen molar-refractivity contribution in [2.45, 2.75) is 25.8 Å². The van der Waals surface area contributed by atoms with Gasteiger partial charge in [-0.05, 0) is 43.4 Å². The minimum absolute atomic E-state index is 0.490. The SMILES string of the molecule is CC1[CH]CCC1Nc1cc(N)ccc1Cl. The van der Waals surface area contributed by atoms with Gasteiger partial charge in [-0.2, -0.15) is 0 Å². The van der Waals surface area contributed by atoms with E-state index in [2.05, 4.69) is 18.7 Å². The molecule has 3 N–H and O–H groups in total. The van der Waals surface area contributed by atoms with Gasteiger partial charge in [0, 0.05) is 11.7 Å². The molecule has 0 heterocycles. The molecule has 1 aliphatic carbocycles. The molecule has 1 aromatic carbocycles. The molecular weight excluding hydrogens is 208 g/mol. The summed E-state index contributed by atoms with van der Waals surface area (Å²) in [5.41, 5.74) is 7.42. The van der Waals surface area contributed by atoms with Gasteiger partial charge in [-0.1, -0.05) is 18.5 Å². The highest BCUT2D eigenvalue weighted by molar-refractivity contribution is 6.33. The van der Waals surface area contributed by atoms with Crippen molar-refractivity contribution < 1.29 is 0 Å². The van der Waals surface area contributed by atoms with Crippen molar-refractivity contribution in [2.24, 2.45) is 5.92 Å². The van der Waals surface area contributed by atoms with Crippen molar-refractivity contribution in [1.29, 1.82) is 0 Å². The van der Waals surface area contributed by atoms with Crippen molar-refractivity contribution in [3.8, 4) is 0 Å². The maximum absolute atomic E-state index is 6.09. The summed E-state index contributed by atoms with van der Waals surface area (Å²) < 4.78 is 0. The molecule has 1 aliphatic rings. The van der Waals surface area contributed by atoms with Gasteiger partial charge >= 0.3 is 0 Å². The van der Waals surface area contributed by atoms with Crippen LogP contribution in [0, 0.1) is 12.3 Å². The zero-order valence-corrected chi connectivity index (χ0v) is 9.59. The van der Waals surface area contributed by atoms with Crippen LogP contribution in [0.2, 0.25) is 5.02 Å². The molecular formula is C12H16ClN2. The summed E-state index contributed by atoms with van der Waals surface area (Å²) >= 11 is 6.09. The molecule has 0 saturated heterocycles. The lowest BCUT2D eigenvalue weighted by Crippen LogP contribution is -2.22. The Bertz CT molecular complexity index is 351. The Morgan fingerprint density at radius 3 is 2.93 bits per heavy atom. The average Bonchev–Trinajstić information content (AvgIpc) is 2.58. The first-order chi connectivity index (χ1) is 7.16. The summed E-state index contributed by atoms with van der Waals surface area (Å²) in [5, 5.41) is 4.20. The number of nitrogen functional groups attached to an aromatic ring is 1. The third-order valence-electron chi connectivity index (χ3n) is 2.98. The van der Waals surface area contributed by atoms with Crippen molar-refractivity contribution in [1.82, 2.24) is 0 Å². The molecule has 2 rings (SSSR count). The van der Waals surface area contributed by atoms with Crippen LogP contribution in [-0.4, -0.2) is 6.04 Å². The first kappa shape index (κ1) is 10.6. The van der Waals surface area contributed by atoms with E-state index in [4.69, 9.17) is 17.3 Å². The average molecular weight is 224 g/mol. The van der Waals surface area contributed by atoms with Crippen molar-refractivity contribution in [2.75, 3.05) is 11.1 Å². The van der Waals surface area contributed by atoms with Gasteiger partial charge in [-0.15, -0.1) is 0 Å². The van der Waals surface area contributed by atoms with E-state index in [0.717, 1.165) is 16.4 Å². The highest BCUT2D eigenvalue weighted by Gasteiger charge is 2.23. The highest BCUT2D eigenvalue weighted by Crippen LogP contribution is 2.31. The van der Waals surface area contributed by atoms with E-state index in [1.807, 2.05) is 18.2 Å². The van der Waals surface area contributed by atoms with Crippen LogP contribution in [0.1, 0.15) is 19.8 Å². The van der Waals surface area contributed by atoms with Crippen LogP contribution in [0.15, 0.2) is 18.2 Å². The molecule has 1 aromatic rings. The maximum atomic E-state index is 6.09. The number of nitrogens with one attached hydrogen (secondary N) is 1. The molecule has 3 heteroatoms. The van der Waals surface area contributed by atoms with Gasteiger partial charge in [0.2, 0.25) is 0 Å². The lowest BCUT2D eigenvalue weighted by atomic mass is 10.1. The summed E-state index contributed by atoms with van der Waals surface area (Å²) in [7, 11) is 0. The summed E-state index contributed by atoms with van der Waals surface area (Å²) in [6.45, 7) is 2.23. The molecule has 0 spiro atoms. The van der Waals surface area contributed by atoms with E-state index < -0.39 is 0 Å². The van der Waals surface area contributed by atoms with E-state index in [1.165, 1.54) is 12.8 Å². The number of hydrogen-bond donors (Lipinski definition) is 2. The van der Waals surface area contributed by atoms with Gasteiger partial charge in [0.15, 0.2) is 0 Å². The molecule has 2 atom stereocenters. The van der Waals surface area contributed by atoms with E-state index >= 15 is 0 Å². The number of rotatable bonds is 2. The van der Waals surface area contributed by atoms with Gasteiger partial charge in [-0.25, -0.2) is 0 Å². The molecule has 0 amide bonds. The standard InChI is InChI=1S/C12H16ClN2/c1-8-3-2-4-11(8)15-12-7-9(14)5-6-10(12)13/h3,5-8,11,15H,2,4,14H2,1H3. The van der Waals surface area contributed by atoms with Crippen LogP contribution in [0.5, 0.6) is 0 Å². The van der Waals surface area contributed by atoms with Gasteiger partial charge in [0.05, 0.1) is 10.7 Å². The molecule has 1 radical (unpaired) electrons. The van der Waals surface area contributed by atoms with Crippen LogP contribution in [0.3, 0.4) is 0 Å². The maximum Gasteiger partial charge on any atom is 0.0639 e. The summed E-state index contributed by atoms with van der Waals surface area (Å²) in [4.78, 5) is 0. The Labute approximate surface area is 95.8 Å². The lowest BCUT2D eigenvalue weighted by Gasteiger charge is -2.19. The molecule has 2 unspecified atom stereocenters. The van der Waals surface area contributed by atoms with E-state index in [0.29, 0.717) is 12.0 Å². The predicted octanol–water partition coefficient (Wildman–Crippen LogP) is 3.34. The van der Waals surface area contributed by atoms with Crippen molar-refractivity contribution >= 4 is 23.0 Å². The number of benzene rings is 1. The van der Waals surface area contributed by atoms with Gasteiger partial charge < -0.3 is 11.1 Å². The van der Waals surface area contributed by atoms with Crippen molar-refractivity contribution in [3.63, 3.8) is 0 Å². The minimum atomic E-state index is 0.490. The lowest BCUT2D eigenvalue weighted by molar-refractivity contribution is 0.610. The zero-order valence-electron chi connectivity index (χ0n) is 8.83. The van der Waals surface area contributed by atoms with Gasteiger partial charge in [0.1, 0.15) is 0 Å². The zero-order chi connectivity index (χ0) is 10.8. The Morgan fingerprint density at radius 1 is 1.47 bits per heavy atom. The Balaban J connectivity index is 2.12. The number of halogens is 1. The molecule has 0 aliphatic heterocycles. The molecule has 0 aromatic heterocycles. The first-order valence-electron chi connectivity index (χ1n) is 5.31. The highest BCUT2D eigenvalue weighted by atomic mass is 35.5. The molecule has 1 saturated carbocycles. The van der Waals surface area contributed by atoms with Crippen LogP contribution in [0.25, 0.3) is 0 Å². The second-order valence-corrected chi connectivity index (χ2v) is 4.57. The normalized spacial score (nSPS) is 25.5. The Hall–Kier alpha value is -0.890. The molecule has 15 heavy (non-hydrogen) atoms. The second kappa shape index (κ2) is 4.31. The van der Waals surface area contributed by atoms with Crippen molar-refractivity contribution in [3.05, 3.63) is 29.6 Å². The minimum Gasteiger partial charge on any atom is -0.399 e. The fraction of sp³-hybridized carbons (Fsp3) is 0.417. The fourth-order valence-electron chi connectivity index (χ4n) is 2.02. The summed E-state index contributed by atoms with van der Waals surface area (Å²) in [5.74, 6) is 0.600. The largest absolute Gasteiger partial charge is 0.399 e. The Kier molecular flexibility index (Phi) is 3.06. The monoisotopic (exact) mass is 223 g/mol. The quantitative estimate of drug-likeness (QED) is 0.755.